The first-order chi connectivity index (χ1) is 14.3. The number of hydrogen-bond donors (Lipinski definition) is 2. The van der Waals surface area contributed by atoms with Crippen molar-refractivity contribution in [3.63, 3.8) is 0 Å². The van der Waals surface area contributed by atoms with Crippen LogP contribution in [0.1, 0.15) is 31.7 Å². The Kier molecular flexibility index (Phi) is 8.31. The molecule has 2 aliphatic rings. The second-order valence-corrected chi connectivity index (χ2v) is 8.80. The van der Waals surface area contributed by atoms with Crippen molar-refractivity contribution in [2.45, 2.75) is 44.4 Å². The van der Waals surface area contributed by atoms with Gasteiger partial charge in [0.25, 0.3) is 0 Å². The quantitative estimate of drug-likeness (QED) is 0.620. The molecule has 0 saturated carbocycles. The van der Waals surface area contributed by atoms with E-state index in [1.54, 1.807) is 24.3 Å². The van der Waals surface area contributed by atoms with Gasteiger partial charge in [-0.1, -0.05) is 35.3 Å². The molecular weight excluding hydrogens is 425 g/mol. The number of hydrogen-bond acceptors (Lipinski definition) is 5. The molecule has 2 saturated heterocycles. The van der Waals surface area contributed by atoms with Gasteiger partial charge in [-0.15, -0.1) is 0 Å². The molecular formula is C22H29Cl2N3O3. The molecule has 1 aromatic carbocycles. The van der Waals surface area contributed by atoms with Gasteiger partial charge in [0, 0.05) is 32.7 Å². The largest absolute Gasteiger partial charge is 0.393 e. The number of ketones is 1. The van der Waals surface area contributed by atoms with Gasteiger partial charge >= 0.3 is 0 Å². The zero-order valence-corrected chi connectivity index (χ0v) is 18.7. The van der Waals surface area contributed by atoms with E-state index in [0.717, 1.165) is 12.1 Å². The number of nitrogens with zero attached hydrogens (tertiary/aromatic N) is 2. The van der Waals surface area contributed by atoms with E-state index in [1.807, 2.05) is 13.0 Å². The Balaban J connectivity index is 1.69. The number of likely N-dealkylation sites (tertiary alicyclic amines) is 1. The van der Waals surface area contributed by atoms with E-state index in [4.69, 9.17) is 23.2 Å². The minimum absolute atomic E-state index is 0.0200. The number of rotatable bonds is 7. The minimum Gasteiger partial charge on any atom is -0.393 e. The summed E-state index contributed by atoms with van der Waals surface area (Å²) in [6, 6.07) is 4.78. The zero-order chi connectivity index (χ0) is 21.7. The Bertz CT molecular complexity index is 794. The zero-order valence-electron chi connectivity index (χ0n) is 17.2. The van der Waals surface area contributed by atoms with Gasteiger partial charge in [-0.3, -0.25) is 19.4 Å². The van der Waals surface area contributed by atoms with Crippen molar-refractivity contribution < 1.29 is 14.7 Å². The molecule has 1 aromatic rings. The van der Waals surface area contributed by atoms with E-state index < -0.39 is 0 Å². The predicted octanol–water partition coefficient (Wildman–Crippen LogP) is 2.61. The van der Waals surface area contributed by atoms with E-state index in [9.17, 15) is 14.7 Å². The van der Waals surface area contributed by atoms with Crippen LogP contribution in [-0.4, -0.2) is 77.5 Å². The molecule has 30 heavy (non-hydrogen) atoms. The maximum absolute atomic E-state index is 13.1. The molecule has 0 spiro atoms. The van der Waals surface area contributed by atoms with Gasteiger partial charge in [0.2, 0.25) is 5.91 Å². The fourth-order valence-corrected chi connectivity index (χ4v) is 4.34. The highest BCUT2D eigenvalue weighted by Crippen LogP contribution is 2.23. The summed E-state index contributed by atoms with van der Waals surface area (Å²) in [5, 5.41) is 13.6. The third-order valence-corrected chi connectivity index (χ3v) is 6.71. The van der Waals surface area contributed by atoms with Gasteiger partial charge in [0.15, 0.2) is 5.78 Å². The van der Waals surface area contributed by atoms with Crippen molar-refractivity contribution in [3.05, 3.63) is 39.9 Å². The number of aliphatic hydroxyl groups is 1. The Labute approximate surface area is 187 Å². The van der Waals surface area contributed by atoms with Crippen LogP contribution in [0.4, 0.5) is 0 Å². The topological polar surface area (TPSA) is 72.9 Å². The number of amides is 1. The Morgan fingerprint density at radius 1 is 1.27 bits per heavy atom. The van der Waals surface area contributed by atoms with Crippen LogP contribution < -0.4 is 5.32 Å². The van der Waals surface area contributed by atoms with Gasteiger partial charge in [0.1, 0.15) is 0 Å². The number of nitrogens with one attached hydrogen (secondary N) is 1. The smallest absolute Gasteiger partial charge is 0.237 e. The summed E-state index contributed by atoms with van der Waals surface area (Å²) in [5.74, 6) is 0.0521. The molecule has 0 radical (unpaired) electrons. The van der Waals surface area contributed by atoms with Gasteiger partial charge in [-0.25, -0.2) is 0 Å². The fourth-order valence-electron chi connectivity index (χ4n) is 4.03. The predicted molar refractivity (Wildman–Crippen MR) is 120 cm³/mol. The summed E-state index contributed by atoms with van der Waals surface area (Å²) in [7, 11) is 0. The first kappa shape index (κ1) is 23.2. The number of piperidine rings is 1. The van der Waals surface area contributed by atoms with Gasteiger partial charge in [-0.05, 0) is 50.0 Å². The van der Waals surface area contributed by atoms with Crippen molar-refractivity contribution in [1.82, 2.24) is 15.1 Å². The lowest BCUT2D eigenvalue weighted by Crippen LogP contribution is -2.55. The lowest BCUT2D eigenvalue weighted by molar-refractivity contribution is -0.128. The molecule has 2 aliphatic heterocycles. The molecule has 164 valence electrons. The van der Waals surface area contributed by atoms with E-state index >= 15 is 0 Å². The highest BCUT2D eigenvalue weighted by Gasteiger charge is 2.31. The summed E-state index contributed by atoms with van der Waals surface area (Å²) in [6.45, 7) is 5.36. The van der Waals surface area contributed by atoms with Crippen molar-refractivity contribution >= 4 is 41.0 Å². The third kappa shape index (κ3) is 6.05. The van der Waals surface area contributed by atoms with E-state index in [2.05, 4.69) is 15.1 Å². The van der Waals surface area contributed by atoms with Crippen LogP contribution in [-0.2, 0) is 9.59 Å². The fraction of sp³-hybridized carbons (Fsp3) is 0.545. The molecule has 0 aromatic heterocycles. The summed E-state index contributed by atoms with van der Waals surface area (Å²) in [4.78, 5) is 29.3. The van der Waals surface area contributed by atoms with Crippen LogP contribution in [0.15, 0.2) is 24.3 Å². The summed E-state index contributed by atoms with van der Waals surface area (Å²) in [5.41, 5.74) is 0.812. The summed E-state index contributed by atoms with van der Waals surface area (Å²) >= 11 is 12.0. The highest BCUT2D eigenvalue weighted by atomic mass is 35.5. The van der Waals surface area contributed by atoms with Crippen LogP contribution >= 0.6 is 23.2 Å². The number of carbonyl (C=O) groups is 2. The molecule has 2 atom stereocenters. The van der Waals surface area contributed by atoms with E-state index in [0.29, 0.717) is 55.5 Å². The van der Waals surface area contributed by atoms with Crippen molar-refractivity contribution in [1.29, 1.82) is 0 Å². The molecule has 0 aliphatic carbocycles. The van der Waals surface area contributed by atoms with Gasteiger partial charge in [-0.2, -0.15) is 0 Å². The molecule has 8 heteroatoms. The third-order valence-electron chi connectivity index (χ3n) is 5.97. The van der Waals surface area contributed by atoms with E-state index in [1.165, 1.54) is 0 Å². The van der Waals surface area contributed by atoms with Crippen LogP contribution in [0.5, 0.6) is 0 Å². The molecule has 1 amide bonds. The molecule has 2 unspecified atom stereocenters. The van der Waals surface area contributed by atoms with Gasteiger partial charge in [0.05, 0.1) is 28.2 Å². The number of benzene rings is 1. The average molecular weight is 454 g/mol. The lowest BCUT2D eigenvalue weighted by Gasteiger charge is -2.37. The highest BCUT2D eigenvalue weighted by molar-refractivity contribution is 6.42. The average Bonchev–Trinajstić information content (AvgIpc) is 2.73. The standard InChI is InChI=1S/C22H29Cl2N3O3/c1-15-22(30)25-9-13-26(15)12-8-20(27-10-6-17(28)7-11-27)21(29)5-3-16-2-4-18(23)19(24)14-16/h2-5,14-15,17,20,28H,6-13H2,1H3,(H,25,30)/b5-3+. The molecule has 0 bridgehead atoms. The number of carbonyl (C=O) groups excluding carboxylic acids is 2. The molecule has 2 fully saturated rings. The van der Waals surface area contributed by atoms with E-state index in [-0.39, 0.29) is 29.9 Å². The molecule has 3 rings (SSSR count). The maximum atomic E-state index is 13.1. The second-order valence-electron chi connectivity index (χ2n) is 7.98. The molecule has 2 heterocycles. The molecule has 2 N–H and O–H groups in total. The number of piperazine rings is 1. The number of halogens is 2. The van der Waals surface area contributed by atoms with Crippen LogP contribution in [0.3, 0.4) is 0 Å². The van der Waals surface area contributed by atoms with Crippen LogP contribution in [0.25, 0.3) is 6.08 Å². The SMILES string of the molecule is CC1C(=O)NCCN1CCC(C(=O)/C=C/c1ccc(Cl)c(Cl)c1)N1CCC(O)CC1. The van der Waals surface area contributed by atoms with Crippen LogP contribution in [0, 0.1) is 0 Å². The first-order valence-corrected chi connectivity index (χ1v) is 11.2. The second kappa shape index (κ2) is 10.7. The van der Waals surface area contributed by atoms with Crippen LogP contribution in [0.2, 0.25) is 10.0 Å². The van der Waals surface area contributed by atoms with Crippen molar-refractivity contribution in [2.24, 2.45) is 0 Å². The van der Waals surface area contributed by atoms with Crippen molar-refractivity contribution in [2.75, 3.05) is 32.7 Å². The Hall–Kier alpha value is -1.44. The lowest BCUT2D eigenvalue weighted by atomic mass is 9.99. The maximum Gasteiger partial charge on any atom is 0.237 e. The van der Waals surface area contributed by atoms with Crippen molar-refractivity contribution in [3.8, 4) is 0 Å². The minimum atomic E-state index is -0.297. The number of aliphatic hydroxyl groups excluding tert-OH is 1. The summed E-state index contributed by atoms with van der Waals surface area (Å²) in [6.07, 6.45) is 5.04. The van der Waals surface area contributed by atoms with Gasteiger partial charge < -0.3 is 10.4 Å². The first-order valence-electron chi connectivity index (χ1n) is 10.5. The summed E-state index contributed by atoms with van der Waals surface area (Å²) < 4.78 is 0. The molecule has 6 nitrogen and oxygen atoms in total. The Morgan fingerprint density at radius 2 is 2.00 bits per heavy atom. The monoisotopic (exact) mass is 453 g/mol. The Morgan fingerprint density at radius 3 is 2.70 bits per heavy atom. The normalized spacial score (nSPS) is 22.9.